The molecule has 94 valence electrons. The van der Waals surface area contributed by atoms with Gasteiger partial charge in [0, 0.05) is 0 Å². The summed E-state index contributed by atoms with van der Waals surface area (Å²) in [7, 11) is 0. The van der Waals surface area contributed by atoms with Crippen molar-refractivity contribution >= 4 is 29.9 Å². The summed E-state index contributed by atoms with van der Waals surface area (Å²) >= 11 is 4.09. The fraction of sp³-hybridized carbons (Fsp3) is 0.462. The normalized spacial score (nSPS) is 12.5. The fourth-order valence-corrected chi connectivity index (χ4v) is 1.61. The van der Waals surface area contributed by atoms with Crippen LogP contribution in [0.2, 0.25) is 0 Å². The zero-order chi connectivity index (χ0) is 13.0. The molecule has 1 unspecified atom stereocenters. The zero-order valence-electron chi connectivity index (χ0n) is 10.5. The second kappa shape index (κ2) is 5.96. The number of rotatable bonds is 4. The van der Waals surface area contributed by atoms with E-state index in [-0.39, 0.29) is 11.2 Å². The standard InChI is InChI=1S/C13H20N2OS/c1-8(2)6-10-4-5-11(14)12(7-10)15-13(16)9(3)17/h4-5,7-9,17H,6,14H2,1-3H3,(H,15,16). The van der Waals surface area contributed by atoms with Gasteiger partial charge in [-0.3, -0.25) is 4.79 Å². The second-order valence-corrected chi connectivity index (χ2v) is 5.46. The lowest BCUT2D eigenvalue weighted by Crippen LogP contribution is -2.21. The monoisotopic (exact) mass is 252 g/mol. The lowest BCUT2D eigenvalue weighted by atomic mass is 10.0. The Morgan fingerprint density at radius 2 is 2.06 bits per heavy atom. The summed E-state index contributed by atoms with van der Waals surface area (Å²) in [5, 5.41) is 2.44. The van der Waals surface area contributed by atoms with Gasteiger partial charge in [-0.25, -0.2) is 0 Å². The van der Waals surface area contributed by atoms with Crippen molar-refractivity contribution in [1.82, 2.24) is 0 Å². The summed E-state index contributed by atoms with van der Waals surface area (Å²) in [6, 6.07) is 5.76. The van der Waals surface area contributed by atoms with E-state index in [4.69, 9.17) is 5.73 Å². The minimum absolute atomic E-state index is 0.137. The largest absolute Gasteiger partial charge is 0.397 e. The molecule has 0 bridgehead atoms. The van der Waals surface area contributed by atoms with Crippen LogP contribution in [0.1, 0.15) is 26.3 Å². The summed E-state index contributed by atoms with van der Waals surface area (Å²) in [6.45, 7) is 6.04. The van der Waals surface area contributed by atoms with Gasteiger partial charge >= 0.3 is 0 Å². The third kappa shape index (κ3) is 4.30. The van der Waals surface area contributed by atoms with Gasteiger partial charge < -0.3 is 11.1 Å². The Kier molecular flexibility index (Phi) is 4.87. The molecule has 0 radical (unpaired) electrons. The van der Waals surface area contributed by atoms with Gasteiger partial charge in [0.1, 0.15) is 0 Å². The van der Waals surface area contributed by atoms with Gasteiger partial charge in [-0.15, -0.1) is 0 Å². The van der Waals surface area contributed by atoms with Crippen LogP contribution in [0.3, 0.4) is 0 Å². The van der Waals surface area contributed by atoms with E-state index < -0.39 is 0 Å². The van der Waals surface area contributed by atoms with E-state index >= 15 is 0 Å². The van der Waals surface area contributed by atoms with E-state index in [2.05, 4.69) is 31.8 Å². The molecule has 0 saturated carbocycles. The van der Waals surface area contributed by atoms with Crippen molar-refractivity contribution in [1.29, 1.82) is 0 Å². The lowest BCUT2D eigenvalue weighted by molar-refractivity contribution is -0.115. The molecule has 1 aromatic rings. The number of carbonyl (C=O) groups is 1. The Bertz CT molecular complexity index is 402. The van der Waals surface area contributed by atoms with E-state index in [1.165, 1.54) is 5.56 Å². The molecule has 3 nitrogen and oxygen atoms in total. The maximum Gasteiger partial charge on any atom is 0.236 e. The molecular weight excluding hydrogens is 232 g/mol. The third-order valence-corrected chi connectivity index (χ3v) is 2.63. The first-order valence-electron chi connectivity index (χ1n) is 5.77. The molecule has 0 aliphatic heterocycles. The second-order valence-electron chi connectivity index (χ2n) is 4.68. The van der Waals surface area contributed by atoms with Crippen LogP contribution in [0.15, 0.2) is 18.2 Å². The molecule has 0 fully saturated rings. The van der Waals surface area contributed by atoms with E-state index in [9.17, 15) is 4.79 Å². The fourth-order valence-electron chi connectivity index (χ4n) is 1.55. The Labute approximate surface area is 108 Å². The van der Waals surface area contributed by atoms with Gasteiger partial charge in [0.2, 0.25) is 5.91 Å². The van der Waals surface area contributed by atoms with Crippen molar-refractivity contribution in [2.24, 2.45) is 5.92 Å². The first-order chi connectivity index (χ1) is 7.90. The summed E-state index contributed by atoms with van der Waals surface area (Å²) in [5.41, 5.74) is 8.26. The molecule has 0 aliphatic carbocycles. The van der Waals surface area contributed by atoms with Crippen molar-refractivity contribution in [2.75, 3.05) is 11.1 Å². The Morgan fingerprint density at radius 3 is 2.59 bits per heavy atom. The molecule has 0 aliphatic rings. The third-order valence-electron chi connectivity index (χ3n) is 2.40. The number of carbonyl (C=O) groups excluding carboxylic acids is 1. The molecule has 1 aromatic carbocycles. The summed E-state index contributed by atoms with van der Waals surface area (Å²) in [6.07, 6.45) is 0.972. The highest BCUT2D eigenvalue weighted by atomic mass is 32.1. The highest BCUT2D eigenvalue weighted by Crippen LogP contribution is 2.22. The van der Waals surface area contributed by atoms with Crippen LogP contribution in [-0.2, 0) is 11.2 Å². The molecule has 0 saturated heterocycles. The van der Waals surface area contributed by atoms with E-state index in [1.54, 1.807) is 6.92 Å². The van der Waals surface area contributed by atoms with Gasteiger partial charge in [0.25, 0.3) is 0 Å². The van der Waals surface area contributed by atoms with Crippen LogP contribution in [0.4, 0.5) is 11.4 Å². The predicted octanol–water partition coefficient (Wildman–Crippen LogP) is 2.72. The first kappa shape index (κ1) is 13.9. The molecule has 0 heterocycles. The van der Waals surface area contributed by atoms with Crippen molar-refractivity contribution in [3.8, 4) is 0 Å². The highest BCUT2D eigenvalue weighted by molar-refractivity contribution is 7.81. The first-order valence-corrected chi connectivity index (χ1v) is 6.29. The van der Waals surface area contributed by atoms with Crippen LogP contribution in [0, 0.1) is 5.92 Å². The summed E-state index contributed by atoms with van der Waals surface area (Å²) in [4.78, 5) is 11.6. The van der Waals surface area contributed by atoms with Crippen LogP contribution >= 0.6 is 12.6 Å². The summed E-state index contributed by atoms with van der Waals surface area (Å²) < 4.78 is 0. The SMILES string of the molecule is CC(C)Cc1ccc(N)c(NC(=O)C(C)S)c1. The smallest absolute Gasteiger partial charge is 0.236 e. The van der Waals surface area contributed by atoms with Crippen molar-refractivity contribution < 1.29 is 4.79 Å². The van der Waals surface area contributed by atoms with Crippen molar-refractivity contribution in [3.63, 3.8) is 0 Å². The van der Waals surface area contributed by atoms with Gasteiger partial charge in [-0.05, 0) is 37.0 Å². The molecular formula is C13H20N2OS. The molecule has 17 heavy (non-hydrogen) atoms. The number of nitrogens with two attached hydrogens (primary N) is 1. The molecule has 3 N–H and O–H groups in total. The lowest BCUT2D eigenvalue weighted by Gasteiger charge is -2.12. The van der Waals surface area contributed by atoms with Gasteiger partial charge in [0.15, 0.2) is 0 Å². The topological polar surface area (TPSA) is 55.1 Å². The highest BCUT2D eigenvalue weighted by Gasteiger charge is 2.10. The van der Waals surface area contributed by atoms with Crippen molar-refractivity contribution in [2.45, 2.75) is 32.4 Å². The summed E-state index contributed by atoms with van der Waals surface area (Å²) in [5.74, 6) is 0.438. The number of amides is 1. The molecule has 1 atom stereocenters. The molecule has 1 rings (SSSR count). The zero-order valence-corrected chi connectivity index (χ0v) is 11.4. The van der Waals surface area contributed by atoms with Gasteiger partial charge in [-0.2, -0.15) is 12.6 Å². The minimum Gasteiger partial charge on any atom is -0.397 e. The number of hydrogen-bond acceptors (Lipinski definition) is 3. The van der Waals surface area contributed by atoms with Crippen LogP contribution < -0.4 is 11.1 Å². The number of benzene rings is 1. The Balaban J connectivity index is 2.87. The maximum absolute atomic E-state index is 11.6. The number of anilines is 2. The average molecular weight is 252 g/mol. The van der Waals surface area contributed by atoms with Crippen LogP contribution in [0.5, 0.6) is 0 Å². The van der Waals surface area contributed by atoms with Gasteiger partial charge in [-0.1, -0.05) is 19.9 Å². The van der Waals surface area contributed by atoms with Crippen LogP contribution in [0.25, 0.3) is 0 Å². The Hall–Kier alpha value is -1.16. The number of nitrogen functional groups attached to an aromatic ring is 1. The molecule has 1 amide bonds. The van der Waals surface area contributed by atoms with Crippen LogP contribution in [-0.4, -0.2) is 11.2 Å². The van der Waals surface area contributed by atoms with E-state index in [0.29, 0.717) is 17.3 Å². The van der Waals surface area contributed by atoms with Crippen molar-refractivity contribution in [3.05, 3.63) is 23.8 Å². The molecule has 0 spiro atoms. The average Bonchev–Trinajstić information content (AvgIpc) is 2.22. The number of nitrogens with one attached hydrogen (secondary N) is 1. The van der Waals surface area contributed by atoms with E-state index in [0.717, 1.165) is 6.42 Å². The molecule has 0 aromatic heterocycles. The number of hydrogen-bond donors (Lipinski definition) is 3. The van der Waals surface area contributed by atoms with E-state index in [1.807, 2.05) is 18.2 Å². The van der Waals surface area contributed by atoms with Gasteiger partial charge in [0.05, 0.1) is 16.6 Å². The predicted molar refractivity (Wildman–Crippen MR) is 76.5 cm³/mol. The maximum atomic E-state index is 11.6. The quantitative estimate of drug-likeness (QED) is 0.570. The number of thiol groups is 1. The minimum atomic E-state index is -0.344. The molecule has 4 heteroatoms. The Morgan fingerprint density at radius 1 is 1.41 bits per heavy atom.